The van der Waals surface area contributed by atoms with Crippen LogP contribution in [0.25, 0.3) is 22.6 Å². The van der Waals surface area contributed by atoms with Gasteiger partial charge >= 0.3 is 0 Å². The number of hydrogen-bond acceptors (Lipinski definition) is 5. The number of nitrogens with one attached hydrogen (secondary N) is 2. The smallest absolute Gasteiger partial charge is 0.257 e. The zero-order chi connectivity index (χ0) is 25.8. The minimum atomic E-state index is -0.331. The van der Waals surface area contributed by atoms with Gasteiger partial charge in [0.2, 0.25) is 5.89 Å². The van der Waals surface area contributed by atoms with Gasteiger partial charge in [0.1, 0.15) is 17.9 Å². The Morgan fingerprint density at radius 3 is 2.59 bits per heavy atom. The maximum Gasteiger partial charge on any atom is 0.257 e. The first kappa shape index (κ1) is 24.2. The highest BCUT2D eigenvalue weighted by Crippen LogP contribution is 2.28. The van der Waals surface area contributed by atoms with Crippen molar-refractivity contribution >= 4 is 40.0 Å². The van der Waals surface area contributed by atoms with Crippen LogP contribution in [0.4, 0.5) is 5.69 Å². The summed E-state index contributed by atoms with van der Waals surface area (Å²) < 4.78 is 11.8. The molecule has 0 aliphatic heterocycles. The molecule has 5 rings (SSSR count). The van der Waals surface area contributed by atoms with E-state index >= 15 is 0 Å². The van der Waals surface area contributed by atoms with Gasteiger partial charge in [0.05, 0.1) is 0 Å². The van der Waals surface area contributed by atoms with Crippen molar-refractivity contribution in [2.24, 2.45) is 0 Å². The normalized spacial score (nSPS) is 10.8. The summed E-state index contributed by atoms with van der Waals surface area (Å²) in [5.41, 5.74) is 6.79. The molecule has 0 saturated carbocycles. The van der Waals surface area contributed by atoms with E-state index in [-0.39, 0.29) is 11.0 Å². The van der Waals surface area contributed by atoms with Gasteiger partial charge in [-0.1, -0.05) is 54.1 Å². The molecule has 37 heavy (non-hydrogen) atoms. The molecule has 0 aliphatic rings. The highest BCUT2D eigenvalue weighted by molar-refractivity contribution is 7.80. The van der Waals surface area contributed by atoms with Gasteiger partial charge < -0.3 is 14.5 Å². The number of oxazole rings is 1. The molecule has 0 radical (unpaired) electrons. The lowest BCUT2D eigenvalue weighted by atomic mass is 10.1. The van der Waals surface area contributed by atoms with E-state index in [0.717, 1.165) is 16.7 Å². The number of fused-ring (bicyclic) bond motifs is 1. The molecular weight excluding hydrogens is 482 g/mol. The van der Waals surface area contributed by atoms with Crippen LogP contribution in [0.3, 0.4) is 0 Å². The standard InChI is InChI=1S/C30H25N3O3S/c1-19-11-13-25(20(2)15-19)29-32-26-17-23(12-14-27(26)36-29)31-30(37)33-28(34)22-9-6-10-24(16-22)35-18-21-7-4-3-5-8-21/h3-17H,18H2,1-2H3,(H2,31,33,34,37). The van der Waals surface area contributed by atoms with Crippen LogP contribution in [0.5, 0.6) is 5.75 Å². The van der Waals surface area contributed by atoms with Crippen molar-refractivity contribution in [1.82, 2.24) is 10.3 Å². The number of aromatic nitrogens is 1. The highest BCUT2D eigenvalue weighted by atomic mass is 32.1. The average molecular weight is 508 g/mol. The fourth-order valence-electron chi connectivity index (χ4n) is 3.98. The molecule has 184 valence electrons. The lowest BCUT2D eigenvalue weighted by Crippen LogP contribution is -2.34. The van der Waals surface area contributed by atoms with E-state index in [2.05, 4.69) is 28.6 Å². The second kappa shape index (κ2) is 10.6. The zero-order valence-corrected chi connectivity index (χ0v) is 21.3. The Morgan fingerprint density at radius 2 is 1.78 bits per heavy atom. The minimum Gasteiger partial charge on any atom is -0.489 e. The van der Waals surface area contributed by atoms with Gasteiger partial charge in [-0.25, -0.2) is 4.98 Å². The van der Waals surface area contributed by atoms with Gasteiger partial charge in [0.25, 0.3) is 5.91 Å². The predicted molar refractivity (Wildman–Crippen MR) is 150 cm³/mol. The van der Waals surface area contributed by atoms with Gasteiger partial charge in [0.15, 0.2) is 10.7 Å². The molecule has 0 unspecified atom stereocenters. The van der Waals surface area contributed by atoms with Gasteiger partial charge in [0, 0.05) is 16.8 Å². The van der Waals surface area contributed by atoms with Crippen molar-refractivity contribution in [2.75, 3.05) is 5.32 Å². The highest BCUT2D eigenvalue weighted by Gasteiger charge is 2.13. The van der Waals surface area contributed by atoms with Crippen LogP contribution in [0.15, 0.2) is 95.4 Å². The molecule has 4 aromatic carbocycles. The predicted octanol–water partition coefficient (Wildman–Crippen LogP) is 6.82. The summed E-state index contributed by atoms with van der Waals surface area (Å²) >= 11 is 5.38. The molecule has 1 aromatic heterocycles. The molecule has 0 saturated heterocycles. The molecule has 2 N–H and O–H groups in total. The third kappa shape index (κ3) is 5.85. The average Bonchev–Trinajstić information content (AvgIpc) is 3.31. The fraction of sp³-hybridized carbons (Fsp3) is 0.100. The summed E-state index contributed by atoms with van der Waals surface area (Å²) in [4.78, 5) is 17.4. The SMILES string of the molecule is Cc1ccc(-c2nc3cc(NC(=S)NC(=O)c4cccc(OCc5ccccc5)c4)ccc3o2)c(C)c1. The molecule has 0 bridgehead atoms. The Hall–Kier alpha value is -4.49. The molecule has 6 nitrogen and oxygen atoms in total. The van der Waals surface area contributed by atoms with Gasteiger partial charge in [-0.15, -0.1) is 0 Å². The number of nitrogens with zero attached hydrogens (tertiary/aromatic N) is 1. The van der Waals surface area contributed by atoms with Crippen LogP contribution in [0.1, 0.15) is 27.0 Å². The number of carbonyl (C=O) groups excluding carboxylic acids is 1. The summed E-state index contributed by atoms with van der Waals surface area (Å²) in [5.74, 6) is 0.837. The third-order valence-corrected chi connectivity index (χ3v) is 6.03. The maximum atomic E-state index is 12.8. The number of thiocarbonyl (C=S) groups is 1. The Labute approximate surface area is 220 Å². The van der Waals surface area contributed by atoms with E-state index in [4.69, 9.17) is 21.4 Å². The number of aryl methyl sites for hydroxylation is 2. The first-order valence-electron chi connectivity index (χ1n) is 11.8. The van der Waals surface area contributed by atoms with Gasteiger partial charge in [-0.3, -0.25) is 10.1 Å². The molecule has 0 spiro atoms. The van der Waals surface area contributed by atoms with Crippen LogP contribution >= 0.6 is 12.2 Å². The lowest BCUT2D eigenvalue weighted by Gasteiger charge is -2.11. The fourth-order valence-corrected chi connectivity index (χ4v) is 4.19. The van der Waals surface area contributed by atoms with Crippen LogP contribution in [-0.2, 0) is 6.61 Å². The molecule has 7 heteroatoms. The Balaban J connectivity index is 1.23. The van der Waals surface area contributed by atoms with E-state index in [1.807, 2.05) is 73.7 Å². The molecule has 0 atom stereocenters. The van der Waals surface area contributed by atoms with E-state index in [1.54, 1.807) is 18.2 Å². The number of benzene rings is 4. The Morgan fingerprint density at radius 1 is 0.946 bits per heavy atom. The second-order valence-corrected chi connectivity index (χ2v) is 9.14. The second-order valence-electron chi connectivity index (χ2n) is 8.73. The minimum absolute atomic E-state index is 0.179. The molecule has 0 fully saturated rings. The third-order valence-electron chi connectivity index (χ3n) is 5.83. The molecule has 0 aliphatic carbocycles. The van der Waals surface area contributed by atoms with E-state index in [0.29, 0.717) is 40.6 Å². The number of carbonyl (C=O) groups is 1. The lowest BCUT2D eigenvalue weighted by molar-refractivity contribution is 0.0977. The molecular formula is C30H25N3O3S. The number of hydrogen-bond donors (Lipinski definition) is 2. The van der Waals surface area contributed by atoms with E-state index < -0.39 is 0 Å². The van der Waals surface area contributed by atoms with Crippen LogP contribution < -0.4 is 15.4 Å². The van der Waals surface area contributed by atoms with Gasteiger partial charge in [-0.2, -0.15) is 0 Å². The number of rotatable bonds is 6. The summed E-state index contributed by atoms with van der Waals surface area (Å²) in [7, 11) is 0. The first-order valence-corrected chi connectivity index (χ1v) is 12.2. The number of anilines is 1. The first-order chi connectivity index (χ1) is 17.9. The molecule has 5 aromatic rings. The Bertz CT molecular complexity index is 1590. The van der Waals surface area contributed by atoms with Crippen molar-refractivity contribution in [1.29, 1.82) is 0 Å². The summed E-state index contributed by atoms with van der Waals surface area (Å²) in [6.07, 6.45) is 0. The summed E-state index contributed by atoms with van der Waals surface area (Å²) in [5, 5.41) is 5.95. The van der Waals surface area contributed by atoms with Crippen LogP contribution in [-0.4, -0.2) is 16.0 Å². The van der Waals surface area contributed by atoms with Crippen LogP contribution in [0.2, 0.25) is 0 Å². The van der Waals surface area contributed by atoms with Crippen molar-refractivity contribution in [3.05, 3.63) is 113 Å². The van der Waals surface area contributed by atoms with E-state index in [1.165, 1.54) is 5.56 Å². The molecule has 1 amide bonds. The zero-order valence-electron chi connectivity index (χ0n) is 20.4. The topological polar surface area (TPSA) is 76.4 Å². The quantitative estimate of drug-likeness (QED) is 0.246. The molecule has 1 heterocycles. The monoisotopic (exact) mass is 507 g/mol. The van der Waals surface area contributed by atoms with Crippen molar-refractivity contribution in [3.63, 3.8) is 0 Å². The summed E-state index contributed by atoms with van der Waals surface area (Å²) in [6.45, 7) is 4.51. The number of amides is 1. The largest absolute Gasteiger partial charge is 0.489 e. The Kier molecular flexibility index (Phi) is 6.96. The van der Waals surface area contributed by atoms with E-state index in [9.17, 15) is 4.79 Å². The summed E-state index contributed by atoms with van der Waals surface area (Å²) in [6, 6.07) is 28.5. The van der Waals surface area contributed by atoms with Crippen LogP contribution in [0, 0.1) is 13.8 Å². The number of ether oxygens (including phenoxy) is 1. The van der Waals surface area contributed by atoms with Crippen molar-refractivity contribution < 1.29 is 13.9 Å². The maximum absolute atomic E-state index is 12.8. The van der Waals surface area contributed by atoms with Gasteiger partial charge in [-0.05, 0) is 79.7 Å². The van der Waals surface area contributed by atoms with Crippen molar-refractivity contribution in [2.45, 2.75) is 20.5 Å². The van der Waals surface area contributed by atoms with Crippen molar-refractivity contribution in [3.8, 4) is 17.2 Å².